The Balaban J connectivity index is 0.000000281. The van der Waals surface area contributed by atoms with E-state index in [0.29, 0.717) is 0 Å². The third-order valence-corrected chi connectivity index (χ3v) is 7.96. The lowest BCUT2D eigenvalue weighted by Gasteiger charge is -2.16. The second kappa shape index (κ2) is 18.3. The largest absolute Gasteiger partial charge is 0.508 e. The molecule has 0 saturated heterocycles. The summed E-state index contributed by atoms with van der Waals surface area (Å²) < 4.78 is 41.9. The third kappa shape index (κ3) is 10.1. The van der Waals surface area contributed by atoms with E-state index in [4.69, 9.17) is 37.3 Å². The monoisotopic (exact) mass is 888 g/mol. The van der Waals surface area contributed by atoms with Gasteiger partial charge in [-0.05, 0) is 24.3 Å². The minimum Gasteiger partial charge on any atom is -0.508 e. The summed E-state index contributed by atoms with van der Waals surface area (Å²) in [5.74, 6) is -12.5. The number of carbonyl (C=O) groups is 6. The third-order valence-electron chi connectivity index (χ3n) is 7.96. The van der Waals surface area contributed by atoms with Crippen molar-refractivity contribution in [3.8, 4) is 91.6 Å². The minimum atomic E-state index is -0.991. The zero-order valence-electron chi connectivity index (χ0n) is 33.8. The minimum absolute atomic E-state index is 0.0999. The van der Waals surface area contributed by atoms with E-state index in [1.165, 1.54) is 0 Å². The van der Waals surface area contributed by atoms with Crippen LogP contribution in [0.1, 0.15) is 41.5 Å². The van der Waals surface area contributed by atoms with Gasteiger partial charge in [0.25, 0.3) is 0 Å². The highest BCUT2D eigenvalue weighted by molar-refractivity contribution is 5.93. The van der Waals surface area contributed by atoms with E-state index in [0.717, 1.165) is 90.1 Å². The summed E-state index contributed by atoms with van der Waals surface area (Å²) in [5.41, 5.74) is -2.72. The molecule has 22 heteroatoms. The molecular weight excluding hydrogens is 856 g/mol. The van der Waals surface area contributed by atoms with Crippen LogP contribution in [0.2, 0.25) is 0 Å². The number of aromatic hydroxyl groups is 6. The molecular formula is C42H32O22. The standard InChI is InChI=1S/C27H22O14.C15H10O8/c1-11(28)35-18-9-19(36-12(2)29)23-20(10-18)41-25(27(24(23)34)40-16(6)33)17-7-21(37-13(3)30)26(39-15(5)32)22(8-17)38-14(4)31;16-6-3-7(17)11-10(4-6)23-15(14(22)13(11)21)5-1-8(18)12(20)9(19)2-5/h7-10H,1-6H3;1-4,16-20,22H. The van der Waals surface area contributed by atoms with Gasteiger partial charge in [0.1, 0.15) is 44.9 Å². The van der Waals surface area contributed by atoms with Gasteiger partial charge in [-0.2, -0.15) is 0 Å². The normalized spacial score (nSPS) is 10.6. The molecule has 6 aromatic rings. The smallest absolute Gasteiger partial charge is 0.308 e. The molecule has 2 aromatic heterocycles. The summed E-state index contributed by atoms with van der Waals surface area (Å²) in [5, 5.41) is 56.8. The van der Waals surface area contributed by atoms with Gasteiger partial charge in [-0.3, -0.25) is 38.4 Å². The number of phenolic OH excluding ortho intramolecular Hbond substituents is 5. The first-order valence-corrected chi connectivity index (χ1v) is 17.9. The van der Waals surface area contributed by atoms with E-state index >= 15 is 0 Å². The first-order chi connectivity index (χ1) is 29.9. The molecule has 0 bridgehead atoms. The average molecular weight is 889 g/mol. The van der Waals surface area contributed by atoms with Crippen molar-refractivity contribution >= 4 is 57.8 Å². The molecule has 0 unspecified atom stereocenters. The second-order valence-corrected chi connectivity index (χ2v) is 13.1. The lowest BCUT2D eigenvalue weighted by molar-refractivity contribution is -0.135. The Bertz CT molecular complexity index is 3020. The van der Waals surface area contributed by atoms with Crippen LogP contribution in [0.15, 0.2) is 67.0 Å². The Labute approximate surface area is 356 Å². The Morgan fingerprint density at radius 2 is 0.875 bits per heavy atom. The van der Waals surface area contributed by atoms with Crippen LogP contribution >= 0.6 is 0 Å². The average Bonchev–Trinajstić information content (AvgIpc) is 3.16. The van der Waals surface area contributed by atoms with Crippen LogP contribution in [0.5, 0.6) is 69.0 Å². The maximum atomic E-state index is 13.7. The molecule has 6 rings (SSSR count). The molecule has 2 heterocycles. The highest BCUT2D eigenvalue weighted by Crippen LogP contribution is 2.46. The van der Waals surface area contributed by atoms with Gasteiger partial charge >= 0.3 is 35.8 Å². The molecule has 22 nitrogen and oxygen atoms in total. The zero-order valence-corrected chi connectivity index (χ0v) is 33.8. The summed E-state index contributed by atoms with van der Waals surface area (Å²) >= 11 is 0. The maximum absolute atomic E-state index is 13.7. The first-order valence-electron chi connectivity index (χ1n) is 17.9. The lowest BCUT2D eigenvalue weighted by Crippen LogP contribution is -2.15. The van der Waals surface area contributed by atoms with E-state index in [1.54, 1.807) is 0 Å². The van der Waals surface area contributed by atoms with Crippen LogP contribution in [0.3, 0.4) is 0 Å². The number of phenols is 5. The Morgan fingerprint density at radius 1 is 0.422 bits per heavy atom. The molecule has 332 valence electrons. The number of hydrogen-bond acceptors (Lipinski definition) is 22. The van der Waals surface area contributed by atoms with E-state index in [2.05, 4.69) is 0 Å². The zero-order chi connectivity index (χ0) is 47.5. The van der Waals surface area contributed by atoms with E-state index in [9.17, 15) is 69.0 Å². The molecule has 0 aliphatic heterocycles. The summed E-state index contributed by atoms with van der Waals surface area (Å²) in [7, 11) is 0. The van der Waals surface area contributed by atoms with Crippen LogP contribution in [0, 0.1) is 0 Å². The summed E-state index contributed by atoms with van der Waals surface area (Å²) in [6.45, 7) is 6.31. The number of fused-ring (bicyclic) bond motifs is 2. The number of esters is 6. The number of benzene rings is 4. The fourth-order valence-electron chi connectivity index (χ4n) is 5.75. The van der Waals surface area contributed by atoms with Crippen LogP contribution < -0.4 is 39.3 Å². The summed E-state index contributed by atoms with van der Waals surface area (Å²) in [4.78, 5) is 96.5. The van der Waals surface area contributed by atoms with Crippen molar-refractivity contribution in [3.05, 3.63) is 69.0 Å². The molecule has 0 fully saturated rings. The maximum Gasteiger partial charge on any atom is 0.308 e. The van der Waals surface area contributed by atoms with Gasteiger partial charge < -0.3 is 67.9 Å². The second-order valence-electron chi connectivity index (χ2n) is 13.1. The van der Waals surface area contributed by atoms with Gasteiger partial charge in [-0.25, -0.2) is 0 Å². The lowest BCUT2D eigenvalue weighted by atomic mass is 10.1. The van der Waals surface area contributed by atoms with Crippen molar-refractivity contribution in [2.24, 2.45) is 0 Å². The van der Waals surface area contributed by atoms with Gasteiger partial charge in [-0.1, -0.05) is 0 Å². The fraction of sp³-hybridized carbons (Fsp3) is 0.143. The van der Waals surface area contributed by atoms with Gasteiger partial charge in [0, 0.05) is 76.9 Å². The van der Waals surface area contributed by atoms with Gasteiger partial charge in [0.05, 0.1) is 0 Å². The number of ether oxygens (including phenoxy) is 6. The van der Waals surface area contributed by atoms with Crippen LogP contribution in [0.25, 0.3) is 44.6 Å². The van der Waals surface area contributed by atoms with E-state index < -0.39 is 110 Å². The first kappa shape index (κ1) is 46.0. The van der Waals surface area contributed by atoms with Crippen molar-refractivity contribution in [1.29, 1.82) is 0 Å². The Kier molecular flexibility index (Phi) is 13.1. The van der Waals surface area contributed by atoms with Crippen LogP contribution in [0.4, 0.5) is 0 Å². The predicted molar refractivity (Wildman–Crippen MR) is 214 cm³/mol. The predicted octanol–water partition coefficient (Wildman–Crippen LogP) is 4.71. The van der Waals surface area contributed by atoms with Crippen molar-refractivity contribution < 1.29 is 96.7 Å². The highest BCUT2D eigenvalue weighted by atomic mass is 16.6. The van der Waals surface area contributed by atoms with E-state index in [1.807, 2.05) is 0 Å². The topological polar surface area (TPSA) is 340 Å². The molecule has 0 atom stereocenters. The highest BCUT2D eigenvalue weighted by Gasteiger charge is 2.28. The SMILES string of the molecule is CC(=O)Oc1cc(OC(C)=O)c2c(=O)c(OC(C)=O)c(-c3cc(OC(C)=O)c(OC(C)=O)c(OC(C)=O)c3)oc2c1.O=c1c(O)c(-c2cc(O)c(O)c(O)c2)oc2cc(O)cc(O)c12. The molecule has 0 saturated carbocycles. The van der Waals surface area contributed by atoms with Gasteiger partial charge in [0.15, 0.2) is 40.3 Å². The Morgan fingerprint density at radius 3 is 1.39 bits per heavy atom. The van der Waals surface area contributed by atoms with Gasteiger partial charge in [0.2, 0.25) is 28.1 Å². The van der Waals surface area contributed by atoms with Crippen molar-refractivity contribution in [1.82, 2.24) is 0 Å². The number of carbonyl (C=O) groups excluding carboxylic acids is 6. The molecule has 0 spiro atoms. The molecule has 4 aromatic carbocycles. The quantitative estimate of drug-likeness (QED) is 0.0684. The summed E-state index contributed by atoms with van der Waals surface area (Å²) in [6, 6.07) is 8.29. The van der Waals surface area contributed by atoms with Crippen molar-refractivity contribution in [2.45, 2.75) is 41.5 Å². The fourth-order valence-corrected chi connectivity index (χ4v) is 5.75. The molecule has 6 N–H and O–H groups in total. The summed E-state index contributed by atoms with van der Waals surface area (Å²) in [6.07, 6.45) is 0. The van der Waals surface area contributed by atoms with Crippen LogP contribution in [-0.4, -0.2) is 66.5 Å². The van der Waals surface area contributed by atoms with E-state index in [-0.39, 0.29) is 50.3 Å². The molecule has 0 amide bonds. The molecule has 0 aliphatic rings. The van der Waals surface area contributed by atoms with Crippen molar-refractivity contribution in [3.63, 3.8) is 0 Å². The molecule has 0 radical (unpaired) electrons. The van der Waals surface area contributed by atoms with Crippen LogP contribution in [-0.2, 0) is 28.8 Å². The van der Waals surface area contributed by atoms with Crippen molar-refractivity contribution in [2.75, 3.05) is 0 Å². The molecule has 0 aliphatic carbocycles. The number of rotatable bonds is 8. The molecule has 64 heavy (non-hydrogen) atoms. The van der Waals surface area contributed by atoms with Gasteiger partial charge in [-0.15, -0.1) is 0 Å². The number of hydrogen-bond donors (Lipinski definition) is 6. The Hall–Kier alpha value is -9.08.